The summed E-state index contributed by atoms with van der Waals surface area (Å²) >= 11 is 0. The van der Waals surface area contributed by atoms with E-state index in [2.05, 4.69) is 10.3 Å². The number of hydrogen-bond acceptors (Lipinski definition) is 5. The van der Waals surface area contributed by atoms with Crippen LogP contribution in [0.25, 0.3) is 0 Å². The molecule has 0 saturated heterocycles. The molecule has 1 aliphatic rings. The molecule has 3 atom stereocenters. The van der Waals surface area contributed by atoms with Crippen LogP contribution in [0.1, 0.15) is 18.7 Å². The summed E-state index contributed by atoms with van der Waals surface area (Å²) in [5, 5.41) is 31.9. The molecule has 1 aromatic heterocycles. The summed E-state index contributed by atoms with van der Waals surface area (Å²) in [7, 11) is 1.93. The Labute approximate surface area is 106 Å². The van der Waals surface area contributed by atoms with Gasteiger partial charge in [-0.25, -0.2) is 4.98 Å². The van der Waals surface area contributed by atoms with Gasteiger partial charge in [0.05, 0.1) is 25.4 Å². The fourth-order valence-corrected chi connectivity index (χ4v) is 2.58. The highest BCUT2D eigenvalue weighted by atomic mass is 16.3. The minimum absolute atomic E-state index is 0.0331. The van der Waals surface area contributed by atoms with E-state index in [1.54, 1.807) is 6.20 Å². The lowest BCUT2D eigenvalue weighted by atomic mass is 9.87. The lowest BCUT2D eigenvalue weighted by Crippen LogP contribution is -2.36. The number of imidazole rings is 1. The van der Waals surface area contributed by atoms with Gasteiger partial charge in [-0.1, -0.05) is 0 Å². The average molecular weight is 255 g/mol. The second kappa shape index (κ2) is 5.36. The van der Waals surface area contributed by atoms with Crippen molar-refractivity contribution in [3.05, 3.63) is 18.2 Å². The van der Waals surface area contributed by atoms with Crippen LogP contribution in [-0.2, 0) is 13.6 Å². The van der Waals surface area contributed by atoms with E-state index in [0.29, 0.717) is 25.9 Å². The number of aliphatic hydroxyl groups excluding tert-OH is 3. The van der Waals surface area contributed by atoms with Gasteiger partial charge in [0.1, 0.15) is 5.82 Å². The van der Waals surface area contributed by atoms with Gasteiger partial charge in [-0.2, -0.15) is 0 Å². The van der Waals surface area contributed by atoms with Gasteiger partial charge in [0.25, 0.3) is 0 Å². The third kappa shape index (κ3) is 2.72. The largest absolute Gasteiger partial charge is 0.396 e. The molecule has 6 heteroatoms. The minimum Gasteiger partial charge on any atom is -0.396 e. The van der Waals surface area contributed by atoms with Crippen LogP contribution in [-0.4, -0.2) is 50.2 Å². The standard InChI is InChI=1S/C12H21N3O3/c1-15-3-2-14-11(15)6-13-7-12(8-16)4-9(17)10(18)5-12/h2-3,9-10,13,16-18H,4-8H2,1H3/t9-,10+,12?. The van der Waals surface area contributed by atoms with Gasteiger partial charge < -0.3 is 25.2 Å². The highest BCUT2D eigenvalue weighted by Gasteiger charge is 2.43. The number of aromatic nitrogens is 2. The summed E-state index contributed by atoms with van der Waals surface area (Å²) in [6.45, 7) is 1.14. The summed E-state index contributed by atoms with van der Waals surface area (Å²) in [5.74, 6) is 0.919. The van der Waals surface area contributed by atoms with Gasteiger partial charge in [0.15, 0.2) is 0 Å². The van der Waals surface area contributed by atoms with Crippen molar-refractivity contribution in [2.24, 2.45) is 12.5 Å². The van der Waals surface area contributed by atoms with Crippen molar-refractivity contribution in [3.8, 4) is 0 Å². The Kier molecular flexibility index (Phi) is 4.01. The summed E-state index contributed by atoms with van der Waals surface area (Å²) in [6, 6.07) is 0. The first-order valence-corrected chi connectivity index (χ1v) is 6.20. The SMILES string of the molecule is Cn1ccnc1CNCC1(CO)C[C@@H](O)[C@@H](O)C1. The van der Waals surface area contributed by atoms with E-state index in [1.807, 2.05) is 17.8 Å². The van der Waals surface area contributed by atoms with Gasteiger partial charge in [-0.15, -0.1) is 0 Å². The zero-order chi connectivity index (χ0) is 13.2. The Hall–Kier alpha value is -0.950. The molecule has 1 heterocycles. The van der Waals surface area contributed by atoms with Gasteiger partial charge in [0.2, 0.25) is 0 Å². The van der Waals surface area contributed by atoms with Gasteiger partial charge in [0, 0.05) is 31.4 Å². The van der Waals surface area contributed by atoms with Crippen LogP contribution in [0.3, 0.4) is 0 Å². The lowest BCUT2D eigenvalue weighted by Gasteiger charge is -2.26. The van der Waals surface area contributed by atoms with Gasteiger partial charge in [-0.3, -0.25) is 0 Å². The average Bonchev–Trinajstić information content (AvgIpc) is 2.86. The van der Waals surface area contributed by atoms with Crippen LogP contribution < -0.4 is 5.32 Å². The molecule has 102 valence electrons. The lowest BCUT2D eigenvalue weighted by molar-refractivity contribution is 0.0438. The predicted octanol–water partition coefficient (Wildman–Crippen LogP) is -0.996. The second-order valence-electron chi connectivity index (χ2n) is 5.26. The number of hydrogen-bond donors (Lipinski definition) is 4. The van der Waals surface area contributed by atoms with Crippen molar-refractivity contribution in [2.75, 3.05) is 13.2 Å². The summed E-state index contributed by atoms with van der Waals surface area (Å²) in [6.07, 6.45) is 3.01. The molecule has 1 fully saturated rings. The summed E-state index contributed by atoms with van der Waals surface area (Å²) < 4.78 is 1.93. The van der Waals surface area contributed by atoms with E-state index < -0.39 is 17.6 Å². The van der Waals surface area contributed by atoms with Crippen molar-refractivity contribution in [1.82, 2.24) is 14.9 Å². The molecule has 0 spiro atoms. The van der Waals surface area contributed by atoms with E-state index in [4.69, 9.17) is 0 Å². The Balaban J connectivity index is 1.87. The van der Waals surface area contributed by atoms with Crippen molar-refractivity contribution < 1.29 is 15.3 Å². The van der Waals surface area contributed by atoms with E-state index >= 15 is 0 Å². The molecular formula is C12H21N3O3. The Morgan fingerprint density at radius 3 is 2.61 bits per heavy atom. The van der Waals surface area contributed by atoms with Crippen molar-refractivity contribution >= 4 is 0 Å². The van der Waals surface area contributed by atoms with Crippen LogP contribution in [0.2, 0.25) is 0 Å². The fourth-order valence-electron chi connectivity index (χ4n) is 2.58. The van der Waals surface area contributed by atoms with E-state index in [0.717, 1.165) is 5.82 Å². The highest BCUT2D eigenvalue weighted by Crippen LogP contribution is 2.37. The molecule has 1 unspecified atom stereocenters. The Morgan fingerprint density at radius 2 is 2.11 bits per heavy atom. The van der Waals surface area contributed by atoms with Crippen LogP contribution in [0, 0.1) is 5.41 Å². The number of nitrogens with zero attached hydrogens (tertiary/aromatic N) is 2. The molecule has 1 aliphatic carbocycles. The second-order valence-corrected chi connectivity index (χ2v) is 5.26. The highest BCUT2D eigenvalue weighted by molar-refractivity contribution is 4.97. The van der Waals surface area contributed by atoms with Gasteiger partial charge in [-0.05, 0) is 12.8 Å². The Morgan fingerprint density at radius 1 is 1.44 bits per heavy atom. The number of nitrogens with one attached hydrogen (secondary N) is 1. The molecule has 0 amide bonds. The zero-order valence-corrected chi connectivity index (χ0v) is 10.6. The molecule has 2 rings (SSSR count). The third-order valence-electron chi connectivity index (χ3n) is 3.77. The maximum absolute atomic E-state index is 9.59. The molecule has 1 saturated carbocycles. The number of aryl methyl sites for hydroxylation is 1. The van der Waals surface area contributed by atoms with Crippen LogP contribution in [0.15, 0.2) is 12.4 Å². The first-order chi connectivity index (χ1) is 8.56. The molecule has 4 N–H and O–H groups in total. The first kappa shape index (κ1) is 13.5. The molecular weight excluding hydrogens is 234 g/mol. The van der Waals surface area contributed by atoms with E-state index in [9.17, 15) is 15.3 Å². The molecule has 6 nitrogen and oxygen atoms in total. The smallest absolute Gasteiger partial charge is 0.122 e. The summed E-state index contributed by atoms with van der Waals surface area (Å²) in [4.78, 5) is 4.20. The Bertz CT molecular complexity index is 384. The molecule has 0 bridgehead atoms. The maximum atomic E-state index is 9.59. The molecule has 0 aliphatic heterocycles. The normalized spacial score (nSPS) is 32.0. The first-order valence-electron chi connectivity index (χ1n) is 6.20. The van der Waals surface area contributed by atoms with E-state index in [-0.39, 0.29) is 6.61 Å². The molecule has 0 radical (unpaired) electrons. The number of rotatable bonds is 5. The van der Waals surface area contributed by atoms with E-state index in [1.165, 1.54) is 0 Å². The van der Waals surface area contributed by atoms with Crippen LogP contribution >= 0.6 is 0 Å². The molecule has 0 aromatic carbocycles. The topological polar surface area (TPSA) is 90.5 Å². The van der Waals surface area contributed by atoms with Crippen molar-refractivity contribution in [1.29, 1.82) is 0 Å². The minimum atomic E-state index is -0.730. The van der Waals surface area contributed by atoms with Crippen LogP contribution in [0.5, 0.6) is 0 Å². The fraction of sp³-hybridized carbons (Fsp3) is 0.750. The monoisotopic (exact) mass is 255 g/mol. The van der Waals surface area contributed by atoms with Crippen molar-refractivity contribution in [2.45, 2.75) is 31.6 Å². The number of aliphatic hydroxyl groups is 3. The molecule has 1 aromatic rings. The predicted molar refractivity (Wildman–Crippen MR) is 65.7 cm³/mol. The maximum Gasteiger partial charge on any atom is 0.122 e. The quantitative estimate of drug-likeness (QED) is 0.542. The third-order valence-corrected chi connectivity index (χ3v) is 3.77. The zero-order valence-electron chi connectivity index (χ0n) is 10.6. The summed E-state index contributed by atoms with van der Waals surface area (Å²) in [5.41, 5.74) is -0.427. The van der Waals surface area contributed by atoms with Gasteiger partial charge >= 0.3 is 0 Å². The van der Waals surface area contributed by atoms with Crippen LogP contribution in [0.4, 0.5) is 0 Å². The van der Waals surface area contributed by atoms with Crippen molar-refractivity contribution in [3.63, 3.8) is 0 Å². The molecule has 18 heavy (non-hydrogen) atoms.